The topological polar surface area (TPSA) is 37.3 Å². The Balaban J connectivity index is 2.39. The molecular formula is C15H26O2. The first-order valence-electron chi connectivity index (χ1n) is 6.92. The van der Waals surface area contributed by atoms with E-state index in [2.05, 4.69) is 27.7 Å². The molecule has 1 N–H and O–H groups in total. The summed E-state index contributed by atoms with van der Waals surface area (Å²) in [5.41, 5.74) is 0.138. The van der Waals surface area contributed by atoms with Crippen molar-refractivity contribution < 1.29 is 9.90 Å². The maximum Gasteiger partial charge on any atom is 0.164 e. The van der Waals surface area contributed by atoms with E-state index >= 15 is 0 Å². The van der Waals surface area contributed by atoms with E-state index in [4.69, 9.17) is 0 Å². The van der Waals surface area contributed by atoms with Gasteiger partial charge in [-0.25, -0.2) is 0 Å². The van der Waals surface area contributed by atoms with Crippen molar-refractivity contribution in [1.82, 2.24) is 0 Å². The molecule has 2 heteroatoms. The number of aliphatic hydroxyl groups excluding tert-OH is 1. The minimum Gasteiger partial charge on any atom is -0.389 e. The molecule has 2 fully saturated rings. The first kappa shape index (κ1) is 13.1. The Bertz CT molecular complexity index is 334. The molecule has 2 aliphatic carbocycles. The highest BCUT2D eigenvalue weighted by atomic mass is 16.3. The van der Waals surface area contributed by atoms with Crippen LogP contribution in [0, 0.1) is 22.2 Å². The first-order valence-corrected chi connectivity index (χ1v) is 6.92. The Hall–Kier alpha value is -0.370. The molecule has 0 saturated heterocycles. The summed E-state index contributed by atoms with van der Waals surface area (Å²) in [4.78, 5) is 12.2. The lowest BCUT2D eigenvalue weighted by atomic mass is 9.51. The highest BCUT2D eigenvalue weighted by Crippen LogP contribution is 2.66. The van der Waals surface area contributed by atoms with E-state index in [-0.39, 0.29) is 23.2 Å². The highest BCUT2D eigenvalue weighted by molar-refractivity contribution is 5.86. The van der Waals surface area contributed by atoms with Crippen LogP contribution >= 0.6 is 0 Å². The van der Waals surface area contributed by atoms with E-state index in [1.165, 1.54) is 12.8 Å². The second-order valence-corrected chi connectivity index (χ2v) is 7.26. The maximum atomic E-state index is 12.2. The van der Waals surface area contributed by atoms with Gasteiger partial charge in [-0.05, 0) is 42.4 Å². The van der Waals surface area contributed by atoms with Crippen molar-refractivity contribution in [2.45, 2.75) is 59.8 Å². The predicted molar refractivity (Wildman–Crippen MR) is 68.7 cm³/mol. The lowest BCUT2D eigenvalue weighted by Crippen LogP contribution is -2.49. The zero-order valence-corrected chi connectivity index (χ0v) is 11.7. The molecule has 0 heterocycles. The van der Waals surface area contributed by atoms with Crippen LogP contribution in [0.3, 0.4) is 0 Å². The fourth-order valence-corrected chi connectivity index (χ4v) is 4.84. The molecule has 1 unspecified atom stereocenters. The Morgan fingerprint density at radius 1 is 1.18 bits per heavy atom. The molecule has 98 valence electrons. The molecule has 2 aliphatic rings. The molecule has 0 amide bonds. The third-order valence-corrected chi connectivity index (χ3v) is 6.18. The molecule has 0 bridgehead atoms. The fraction of sp³-hybridized carbons (Fsp3) is 0.933. The van der Waals surface area contributed by atoms with Crippen molar-refractivity contribution in [2.24, 2.45) is 22.2 Å². The van der Waals surface area contributed by atoms with Crippen LogP contribution < -0.4 is 0 Å². The molecule has 2 saturated carbocycles. The molecule has 3 atom stereocenters. The van der Waals surface area contributed by atoms with Gasteiger partial charge in [-0.3, -0.25) is 4.79 Å². The lowest BCUT2D eigenvalue weighted by molar-refractivity contribution is -0.141. The second kappa shape index (κ2) is 3.81. The Morgan fingerprint density at radius 3 is 2.41 bits per heavy atom. The van der Waals surface area contributed by atoms with Crippen LogP contribution in [0.25, 0.3) is 0 Å². The zero-order valence-electron chi connectivity index (χ0n) is 11.7. The summed E-state index contributed by atoms with van der Waals surface area (Å²) in [7, 11) is 0. The average molecular weight is 238 g/mol. The van der Waals surface area contributed by atoms with Crippen LogP contribution in [0.5, 0.6) is 0 Å². The number of hydrogen-bond acceptors (Lipinski definition) is 2. The van der Waals surface area contributed by atoms with Crippen molar-refractivity contribution in [3.8, 4) is 0 Å². The third-order valence-electron chi connectivity index (χ3n) is 6.18. The van der Waals surface area contributed by atoms with Gasteiger partial charge >= 0.3 is 0 Å². The van der Waals surface area contributed by atoms with Crippen molar-refractivity contribution >= 4 is 5.78 Å². The van der Waals surface area contributed by atoms with Gasteiger partial charge in [0.2, 0.25) is 0 Å². The number of aliphatic hydroxyl groups is 1. The SMILES string of the molecule is CC1(C)CCC[C@@]2(C)C1CC[C@@]2(C)C(=O)CO. The lowest BCUT2D eigenvalue weighted by Gasteiger charge is -2.52. The van der Waals surface area contributed by atoms with Crippen LogP contribution in [0.15, 0.2) is 0 Å². The van der Waals surface area contributed by atoms with Crippen molar-refractivity contribution in [1.29, 1.82) is 0 Å². The van der Waals surface area contributed by atoms with Crippen molar-refractivity contribution in [3.63, 3.8) is 0 Å². The minimum absolute atomic E-state index is 0.0557. The van der Waals surface area contributed by atoms with Gasteiger partial charge in [0, 0.05) is 5.41 Å². The summed E-state index contributed by atoms with van der Waals surface area (Å²) in [6.07, 6.45) is 5.73. The number of Topliss-reactive ketones (excluding diaryl/α,β-unsaturated/α-hetero) is 1. The Morgan fingerprint density at radius 2 is 1.82 bits per heavy atom. The van der Waals surface area contributed by atoms with Gasteiger partial charge in [0.25, 0.3) is 0 Å². The van der Waals surface area contributed by atoms with Crippen molar-refractivity contribution in [3.05, 3.63) is 0 Å². The van der Waals surface area contributed by atoms with Gasteiger partial charge in [0.05, 0.1) is 0 Å². The molecular weight excluding hydrogens is 212 g/mol. The zero-order chi connectivity index (χ0) is 12.9. The standard InChI is InChI=1S/C15H26O2/c1-13(2)7-5-8-14(3)11(13)6-9-15(14,4)12(17)10-16/h11,16H,5-10H2,1-4H3/t11?,14-,15-/m0/s1. The van der Waals surface area contributed by atoms with E-state index in [9.17, 15) is 9.90 Å². The van der Waals surface area contributed by atoms with Crippen LogP contribution in [-0.4, -0.2) is 17.5 Å². The molecule has 0 aromatic heterocycles. The summed E-state index contributed by atoms with van der Waals surface area (Å²) in [6, 6.07) is 0. The van der Waals surface area contributed by atoms with E-state index < -0.39 is 0 Å². The molecule has 0 aromatic carbocycles. The number of fused-ring (bicyclic) bond motifs is 1. The molecule has 0 radical (unpaired) electrons. The molecule has 0 aromatic rings. The Labute approximate surface area is 105 Å². The summed E-state index contributed by atoms with van der Waals surface area (Å²) >= 11 is 0. The highest BCUT2D eigenvalue weighted by Gasteiger charge is 2.61. The van der Waals surface area contributed by atoms with Gasteiger partial charge in [0.1, 0.15) is 6.61 Å². The number of hydrogen-bond donors (Lipinski definition) is 1. The molecule has 2 nitrogen and oxygen atoms in total. The molecule has 2 rings (SSSR count). The minimum atomic E-state index is -0.301. The van der Waals surface area contributed by atoms with Crippen LogP contribution in [0.4, 0.5) is 0 Å². The summed E-state index contributed by atoms with van der Waals surface area (Å²) in [6.45, 7) is 8.79. The number of carbonyl (C=O) groups excluding carboxylic acids is 1. The van der Waals surface area contributed by atoms with Crippen LogP contribution in [0.1, 0.15) is 59.8 Å². The van der Waals surface area contributed by atoms with E-state index in [0.717, 1.165) is 19.3 Å². The van der Waals surface area contributed by atoms with Gasteiger partial charge in [0.15, 0.2) is 5.78 Å². The van der Waals surface area contributed by atoms with Gasteiger partial charge in [-0.2, -0.15) is 0 Å². The predicted octanol–water partition coefficient (Wildman–Crippen LogP) is 3.18. The van der Waals surface area contributed by atoms with E-state index in [1.54, 1.807) is 0 Å². The Kier molecular flexibility index (Phi) is 2.93. The summed E-state index contributed by atoms with van der Waals surface area (Å²) in [5, 5.41) is 9.25. The van der Waals surface area contributed by atoms with Crippen LogP contribution in [-0.2, 0) is 4.79 Å². The van der Waals surface area contributed by atoms with Gasteiger partial charge in [-0.15, -0.1) is 0 Å². The normalized spacial score (nSPS) is 44.4. The third kappa shape index (κ3) is 1.60. The molecule has 0 spiro atoms. The van der Waals surface area contributed by atoms with Gasteiger partial charge in [-0.1, -0.05) is 34.1 Å². The maximum absolute atomic E-state index is 12.2. The monoisotopic (exact) mass is 238 g/mol. The van der Waals surface area contributed by atoms with Crippen LogP contribution in [0.2, 0.25) is 0 Å². The number of carbonyl (C=O) groups is 1. The number of ketones is 1. The summed E-state index contributed by atoms with van der Waals surface area (Å²) in [5.74, 6) is 0.685. The van der Waals surface area contributed by atoms with E-state index in [0.29, 0.717) is 11.3 Å². The number of rotatable bonds is 2. The molecule has 17 heavy (non-hydrogen) atoms. The fourth-order valence-electron chi connectivity index (χ4n) is 4.84. The van der Waals surface area contributed by atoms with E-state index in [1.807, 2.05) is 0 Å². The first-order chi connectivity index (χ1) is 7.78. The largest absolute Gasteiger partial charge is 0.389 e. The molecule has 0 aliphatic heterocycles. The van der Waals surface area contributed by atoms with Gasteiger partial charge < -0.3 is 5.11 Å². The summed E-state index contributed by atoms with van der Waals surface area (Å²) < 4.78 is 0. The second-order valence-electron chi connectivity index (χ2n) is 7.26. The van der Waals surface area contributed by atoms with Crippen molar-refractivity contribution in [2.75, 3.05) is 6.61 Å². The smallest absolute Gasteiger partial charge is 0.164 e. The quantitative estimate of drug-likeness (QED) is 0.802. The average Bonchev–Trinajstić information content (AvgIpc) is 2.52.